The number of benzene rings is 1. The molecule has 7 heteroatoms. The summed E-state index contributed by atoms with van der Waals surface area (Å²) < 4.78 is 5.59. The first-order valence-electron chi connectivity index (χ1n) is 7.89. The van der Waals surface area contributed by atoms with Gasteiger partial charge in [-0.3, -0.25) is 4.79 Å². The maximum Gasteiger partial charge on any atom is 0.260 e. The summed E-state index contributed by atoms with van der Waals surface area (Å²) in [4.78, 5) is 14.5. The van der Waals surface area contributed by atoms with Crippen molar-refractivity contribution in [3.8, 4) is 5.75 Å². The quantitative estimate of drug-likeness (QED) is 0.732. The van der Waals surface area contributed by atoms with Gasteiger partial charge in [0.2, 0.25) is 0 Å². The second-order valence-electron chi connectivity index (χ2n) is 5.55. The van der Waals surface area contributed by atoms with Gasteiger partial charge in [-0.25, -0.2) is 0 Å². The molecule has 1 heterocycles. The summed E-state index contributed by atoms with van der Waals surface area (Å²) >= 11 is 12.0. The van der Waals surface area contributed by atoms with E-state index in [0.717, 1.165) is 39.1 Å². The van der Waals surface area contributed by atoms with Gasteiger partial charge in [-0.15, -0.1) is 0 Å². The van der Waals surface area contributed by atoms with E-state index in [0.29, 0.717) is 22.3 Å². The molecule has 23 heavy (non-hydrogen) atoms. The molecule has 2 N–H and O–H groups in total. The van der Waals surface area contributed by atoms with E-state index in [4.69, 9.17) is 27.9 Å². The topological polar surface area (TPSA) is 53.6 Å². The van der Waals surface area contributed by atoms with Crippen LogP contribution in [-0.4, -0.2) is 56.2 Å². The molecule has 0 spiro atoms. The first-order chi connectivity index (χ1) is 11.1. The number of hydrogen-bond acceptors (Lipinski definition) is 4. The summed E-state index contributed by atoms with van der Waals surface area (Å²) in [6.07, 6.45) is 0.307. The van der Waals surface area contributed by atoms with Gasteiger partial charge >= 0.3 is 0 Å². The number of carbonyl (C=O) groups excluding carboxylic acids is 1. The highest BCUT2D eigenvalue weighted by atomic mass is 35.5. The molecular weight excluding hydrogens is 337 g/mol. The van der Waals surface area contributed by atoms with Crippen LogP contribution in [-0.2, 0) is 4.79 Å². The van der Waals surface area contributed by atoms with Gasteiger partial charge in [-0.2, -0.15) is 0 Å². The van der Waals surface area contributed by atoms with Crippen LogP contribution in [0.5, 0.6) is 5.75 Å². The van der Waals surface area contributed by atoms with Gasteiger partial charge in [-0.1, -0.05) is 29.3 Å². The molecule has 0 saturated carbocycles. The van der Waals surface area contributed by atoms with Crippen LogP contribution in [0.15, 0.2) is 18.2 Å². The Morgan fingerprint density at radius 2 is 2.13 bits per heavy atom. The maximum absolute atomic E-state index is 12.1. The highest BCUT2D eigenvalue weighted by Gasteiger charge is 2.16. The molecular formula is C16H23Cl2N3O2. The van der Waals surface area contributed by atoms with Crippen LogP contribution in [0.2, 0.25) is 10.0 Å². The molecule has 1 aliphatic heterocycles. The second kappa shape index (κ2) is 9.33. The molecule has 1 atom stereocenters. The Balaban J connectivity index is 1.69. The van der Waals surface area contributed by atoms with Crippen LogP contribution < -0.4 is 15.4 Å². The molecule has 0 radical (unpaired) electrons. The predicted molar refractivity (Wildman–Crippen MR) is 93.5 cm³/mol. The predicted octanol–water partition coefficient (Wildman–Crippen LogP) is 2.17. The molecule has 1 unspecified atom stereocenters. The van der Waals surface area contributed by atoms with Gasteiger partial charge in [0.1, 0.15) is 10.8 Å². The van der Waals surface area contributed by atoms with Crippen LogP contribution >= 0.6 is 23.2 Å². The third kappa shape index (κ3) is 5.84. The molecule has 5 nitrogen and oxygen atoms in total. The second-order valence-corrected chi connectivity index (χ2v) is 6.33. The van der Waals surface area contributed by atoms with Crippen molar-refractivity contribution in [2.75, 3.05) is 39.3 Å². The number of amides is 1. The van der Waals surface area contributed by atoms with Crippen molar-refractivity contribution in [2.45, 2.75) is 19.4 Å². The van der Waals surface area contributed by atoms with Gasteiger partial charge < -0.3 is 20.3 Å². The van der Waals surface area contributed by atoms with Gasteiger partial charge in [0.05, 0.1) is 5.02 Å². The Hall–Kier alpha value is -1.01. The molecule has 1 saturated heterocycles. The zero-order chi connectivity index (χ0) is 16.7. The van der Waals surface area contributed by atoms with Crippen molar-refractivity contribution < 1.29 is 9.53 Å². The highest BCUT2D eigenvalue weighted by Crippen LogP contribution is 2.32. The summed E-state index contributed by atoms with van der Waals surface area (Å²) in [7, 11) is 0. The van der Waals surface area contributed by atoms with E-state index >= 15 is 0 Å². The number of hydrogen-bond donors (Lipinski definition) is 2. The number of ether oxygens (including phenoxy) is 1. The Morgan fingerprint density at radius 3 is 2.87 bits per heavy atom. The fourth-order valence-electron chi connectivity index (χ4n) is 2.41. The molecule has 128 valence electrons. The Kier molecular flexibility index (Phi) is 7.43. The van der Waals surface area contributed by atoms with E-state index in [1.165, 1.54) is 0 Å². The van der Waals surface area contributed by atoms with E-state index in [2.05, 4.69) is 15.5 Å². The standard InChI is InChI=1S/C16H23Cl2N3O2/c1-12(23-14-5-2-4-13(17)15(14)18)16(22)20-6-3-9-21-10-7-19-8-11-21/h2,4-5,12,19H,3,6-11H2,1H3,(H,20,22). The molecule has 0 bridgehead atoms. The van der Waals surface area contributed by atoms with Crippen LogP contribution in [0.25, 0.3) is 0 Å². The molecule has 2 rings (SSSR count). The average Bonchev–Trinajstić information content (AvgIpc) is 2.56. The molecule has 0 aliphatic carbocycles. The largest absolute Gasteiger partial charge is 0.479 e. The lowest BCUT2D eigenvalue weighted by molar-refractivity contribution is -0.127. The summed E-state index contributed by atoms with van der Waals surface area (Å²) in [5.74, 6) is 0.268. The lowest BCUT2D eigenvalue weighted by atomic mass is 10.3. The summed E-state index contributed by atoms with van der Waals surface area (Å²) in [6.45, 7) is 7.55. The third-order valence-electron chi connectivity index (χ3n) is 3.75. The molecule has 0 aromatic heterocycles. The van der Waals surface area contributed by atoms with Crippen molar-refractivity contribution in [3.63, 3.8) is 0 Å². The Bertz CT molecular complexity index is 522. The van der Waals surface area contributed by atoms with Gasteiger partial charge in [0.25, 0.3) is 5.91 Å². The number of piperazine rings is 1. The Morgan fingerprint density at radius 1 is 1.39 bits per heavy atom. The smallest absolute Gasteiger partial charge is 0.260 e. The van der Waals surface area contributed by atoms with Crippen LogP contribution in [0.3, 0.4) is 0 Å². The van der Waals surface area contributed by atoms with Crippen molar-refractivity contribution in [1.29, 1.82) is 0 Å². The molecule has 1 aliphatic rings. The van der Waals surface area contributed by atoms with Crippen molar-refractivity contribution >= 4 is 29.1 Å². The summed E-state index contributed by atoms with van der Waals surface area (Å²) in [5.41, 5.74) is 0. The van der Waals surface area contributed by atoms with Crippen molar-refractivity contribution in [1.82, 2.24) is 15.5 Å². The fraction of sp³-hybridized carbons (Fsp3) is 0.562. The van der Waals surface area contributed by atoms with Crippen LogP contribution in [0, 0.1) is 0 Å². The van der Waals surface area contributed by atoms with E-state index in [1.807, 2.05) is 0 Å². The maximum atomic E-state index is 12.1. The zero-order valence-corrected chi connectivity index (χ0v) is 14.8. The number of rotatable bonds is 7. The first kappa shape index (κ1) is 18.3. The normalized spacial score (nSPS) is 16.8. The number of halogens is 2. The lowest BCUT2D eigenvalue weighted by Crippen LogP contribution is -2.44. The summed E-state index contributed by atoms with van der Waals surface area (Å²) in [5, 5.41) is 6.95. The summed E-state index contributed by atoms with van der Waals surface area (Å²) in [6, 6.07) is 5.11. The minimum atomic E-state index is -0.620. The third-order valence-corrected chi connectivity index (χ3v) is 4.55. The van der Waals surface area contributed by atoms with Crippen LogP contribution in [0.1, 0.15) is 13.3 Å². The monoisotopic (exact) mass is 359 g/mol. The van der Waals surface area contributed by atoms with E-state index in [9.17, 15) is 4.79 Å². The minimum Gasteiger partial charge on any atom is -0.479 e. The first-order valence-corrected chi connectivity index (χ1v) is 8.65. The number of nitrogens with zero attached hydrogens (tertiary/aromatic N) is 1. The average molecular weight is 360 g/mol. The van der Waals surface area contributed by atoms with Crippen molar-refractivity contribution in [2.24, 2.45) is 0 Å². The van der Waals surface area contributed by atoms with Crippen LogP contribution in [0.4, 0.5) is 0 Å². The molecule has 1 aromatic carbocycles. The van der Waals surface area contributed by atoms with E-state index in [-0.39, 0.29) is 5.91 Å². The Labute approximate surface area is 147 Å². The molecule has 1 aromatic rings. The SMILES string of the molecule is CC(Oc1cccc(Cl)c1Cl)C(=O)NCCCN1CCNCC1. The minimum absolute atomic E-state index is 0.152. The fourth-order valence-corrected chi connectivity index (χ4v) is 2.75. The van der Waals surface area contributed by atoms with Crippen molar-refractivity contribution in [3.05, 3.63) is 28.2 Å². The van der Waals surface area contributed by atoms with E-state index < -0.39 is 6.10 Å². The molecule has 1 fully saturated rings. The number of nitrogens with one attached hydrogen (secondary N) is 2. The van der Waals surface area contributed by atoms with Gasteiger partial charge in [-0.05, 0) is 32.0 Å². The van der Waals surface area contributed by atoms with E-state index in [1.54, 1.807) is 25.1 Å². The number of carbonyl (C=O) groups is 1. The lowest BCUT2D eigenvalue weighted by Gasteiger charge is -2.27. The zero-order valence-electron chi connectivity index (χ0n) is 13.3. The van der Waals surface area contributed by atoms with Gasteiger partial charge in [0.15, 0.2) is 6.10 Å². The molecule has 1 amide bonds. The van der Waals surface area contributed by atoms with Gasteiger partial charge in [0, 0.05) is 32.7 Å². The highest BCUT2D eigenvalue weighted by molar-refractivity contribution is 6.42.